The molecule has 5 heteroatoms. The summed E-state index contributed by atoms with van der Waals surface area (Å²) in [5.41, 5.74) is 2.33. The largest absolute Gasteiger partial charge is 0.375 e. The summed E-state index contributed by atoms with van der Waals surface area (Å²) in [7, 11) is 0. The average Bonchev–Trinajstić information content (AvgIpc) is 3.08. The lowest BCUT2D eigenvalue weighted by Crippen LogP contribution is -2.41. The van der Waals surface area contributed by atoms with Gasteiger partial charge in [0.2, 0.25) is 0 Å². The van der Waals surface area contributed by atoms with E-state index in [4.69, 9.17) is 11.6 Å². The van der Waals surface area contributed by atoms with Gasteiger partial charge in [0.15, 0.2) is 11.4 Å². The van der Waals surface area contributed by atoms with Gasteiger partial charge in [0.1, 0.15) is 0 Å². The van der Waals surface area contributed by atoms with Crippen molar-refractivity contribution in [3.63, 3.8) is 0 Å². The zero-order valence-corrected chi connectivity index (χ0v) is 19.1. The molecule has 1 aliphatic heterocycles. The molecule has 1 heterocycles. The molecule has 4 aromatic carbocycles. The Labute approximate surface area is 203 Å². The van der Waals surface area contributed by atoms with Gasteiger partial charge in [0.05, 0.1) is 18.7 Å². The van der Waals surface area contributed by atoms with E-state index in [1.807, 2.05) is 66.7 Å². The Morgan fingerprint density at radius 2 is 1.41 bits per heavy atom. The Balaban J connectivity index is 1.42. The molecule has 4 nitrogen and oxygen atoms in total. The predicted molar refractivity (Wildman–Crippen MR) is 134 cm³/mol. The van der Waals surface area contributed by atoms with Gasteiger partial charge >= 0.3 is 0 Å². The van der Waals surface area contributed by atoms with Gasteiger partial charge in [-0.3, -0.25) is 9.59 Å². The zero-order valence-electron chi connectivity index (χ0n) is 18.3. The van der Waals surface area contributed by atoms with E-state index in [9.17, 15) is 14.7 Å². The van der Waals surface area contributed by atoms with Crippen LogP contribution >= 0.6 is 11.6 Å². The van der Waals surface area contributed by atoms with Crippen molar-refractivity contribution in [2.45, 2.75) is 18.6 Å². The highest BCUT2D eigenvalue weighted by Crippen LogP contribution is 2.44. The van der Waals surface area contributed by atoms with E-state index in [0.717, 1.165) is 16.7 Å². The molecule has 0 bridgehead atoms. The van der Waals surface area contributed by atoms with Crippen LogP contribution in [0.15, 0.2) is 103 Å². The van der Waals surface area contributed by atoms with E-state index in [1.165, 1.54) is 4.90 Å². The molecule has 0 saturated carbocycles. The lowest BCUT2D eigenvalue weighted by atomic mass is 9.88. The number of hydrogen-bond acceptors (Lipinski definition) is 3. The standard InChI is InChI=1S/C29H22ClNO3/c30-25-12-6-4-10-23(25)19-31-26-13-7-5-11-24(26)29(34,28(31)33)18-27(32)22-16-14-21(15-17-22)20-8-2-1-3-9-20/h1-17,34H,18-19H2/t29-/m1/s1. The van der Waals surface area contributed by atoms with E-state index < -0.39 is 11.5 Å². The second-order valence-electron chi connectivity index (χ2n) is 8.40. The van der Waals surface area contributed by atoms with Crippen molar-refractivity contribution < 1.29 is 14.7 Å². The molecule has 1 amide bonds. The summed E-state index contributed by atoms with van der Waals surface area (Å²) in [4.78, 5) is 28.2. The topological polar surface area (TPSA) is 57.6 Å². The van der Waals surface area contributed by atoms with Crippen LogP contribution in [0.5, 0.6) is 0 Å². The Bertz CT molecular complexity index is 1370. The highest BCUT2D eigenvalue weighted by Gasteiger charge is 2.50. The van der Waals surface area contributed by atoms with Crippen LogP contribution in [0.1, 0.15) is 27.9 Å². The summed E-state index contributed by atoms with van der Waals surface area (Å²) >= 11 is 6.32. The van der Waals surface area contributed by atoms with Crippen LogP contribution in [0.4, 0.5) is 5.69 Å². The molecule has 0 aliphatic carbocycles. The molecule has 34 heavy (non-hydrogen) atoms. The molecule has 168 valence electrons. The molecule has 5 rings (SSSR count). The van der Waals surface area contributed by atoms with Crippen molar-refractivity contribution in [1.82, 2.24) is 0 Å². The molecule has 1 N–H and O–H groups in total. The maximum atomic E-state index is 13.5. The molecule has 0 aromatic heterocycles. The number of ketones is 1. The molecule has 0 unspecified atom stereocenters. The number of rotatable bonds is 6. The maximum Gasteiger partial charge on any atom is 0.264 e. The summed E-state index contributed by atoms with van der Waals surface area (Å²) < 4.78 is 0. The number of para-hydroxylation sites is 1. The van der Waals surface area contributed by atoms with Crippen LogP contribution in [-0.2, 0) is 16.9 Å². The van der Waals surface area contributed by atoms with Crippen LogP contribution < -0.4 is 4.90 Å². The van der Waals surface area contributed by atoms with Gasteiger partial charge in [0.25, 0.3) is 5.91 Å². The second-order valence-corrected chi connectivity index (χ2v) is 8.81. The van der Waals surface area contributed by atoms with Crippen molar-refractivity contribution in [2.24, 2.45) is 0 Å². The van der Waals surface area contributed by atoms with Crippen molar-refractivity contribution in [1.29, 1.82) is 0 Å². The van der Waals surface area contributed by atoms with Gasteiger partial charge in [0, 0.05) is 16.1 Å². The number of amides is 1. The van der Waals surface area contributed by atoms with E-state index in [0.29, 0.717) is 21.8 Å². The van der Waals surface area contributed by atoms with Gasteiger partial charge in [-0.2, -0.15) is 0 Å². The first-order chi connectivity index (χ1) is 16.5. The van der Waals surface area contributed by atoms with Crippen molar-refractivity contribution >= 4 is 29.0 Å². The van der Waals surface area contributed by atoms with Crippen molar-refractivity contribution in [3.05, 3.63) is 125 Å². The van der Waals surface area contributed by atoms with E-state index in [-0.39, 0.29) is 18.7 Å². The van der Waals surface area contributed by atoms with E-state index in [1.54, 1.807) is 36.4 Å². The first-order valence-electron chi connectivity index (χ1n) is 11.0. The van der Waals surface area contributed by atoms with Gasteiger partial charge < -0.3 is 10.0 Å². The molecule has 0 saturated heterocycles. The summed E-state index contributed by atoms with van der Waals surface area (Å²) in [6.07, 6.45) is -0.341. The monoisotopic (exact) mass is 467 g/mol. The minimum Gasteiger partial charge on any atom is -0.375 e. The quantitative estimate of drug-likeness (QED) is 0.353. The first kappa shape index (κ1) is 22.1. The van der Waals surface area contributed by atoms with Crippen LogP contribution in [-0.4, -0.2) is 16.8 Å². The Hall–Kier alpha value is -3.73. The Morgan fingerprint density at radius 3 is 2.15 bits per heavy atom. The number of halogens is 1. The minimum atomic E-state index is -1.94. The number of carbonyl (C=O) groups is 2. The molecule has 0 spiro atoms. The van der Waals surface area contributed by atoms with Crippen LogP contribution in [0.25, 0.3) is 11.1 Å². The fourth-order valence-corrected chi connectivity index (χ4v) is 4.64. The Kier molecular flexibility index (Phi) is 5.78. The number of Topliss-reactive ketones (excluding diaryl/α,β-unsaturated/α-hetero) is 1. The zero-order chi connectivity index (χ0) is 23.7. The number of nitrogens with zero attached hydrogens (tertiary/aromatic N) is 1. The molecule has 1 aliphatic rings. The predicted octanol–water partition coefficient (Wildman–Crippen LogP) is 6.01. The molecule has 0 fully saturated rings. The first-order valence-corrected chi connectivity index (χ1v) is 11.4. The van der Waals surface area contributed by atoms with E-state index in [2.05, 4.69) is 0 Å². The number of benzene rings is 4. The third-order valence-corrected chi connectivity index (χ3v) is 6.62. The highest BCUT2D eigenvalue weighted by atomic mass is 35.5. The van der Waals surface area contributed by atoms with Crippen LogP contribution in [0.3, 0.4) is 0 Å². The van der Waals surface area contributed by atoms with Crippen molar-refractivity contribution in [2.75, 3.05) is 4.90 Å². The lowest BCUT2D eigenvalue weighted by molar-refractivity contribution is -0.136. The van der Waals surface area contributed by atoms with Gasteiger partial charge in [-0.15, -0.1) is 0 Å². The maximum absolute atomic E-state index is 13.5. The van der Waals surface area contributed by atoms with Gasteiger partial charge in [-0.25, -0.2) is 0 Å². The lowest BCUT2D eigenvalue weighted by Gasteiger charge is -2.23. The van der Waals surface area contributed by atoms with E-state index >= 15 is 0 Å². The number of carbonyl (C=O) groups excluding carboxylic acids is 2. The fraction of sp³-hybridized carbons (Fsp3) is 0.103. The normalized spacial score (nSPS) is 17.0. The molecule has 0 radical (unpaired) electrons. The number of aliphatic hydroxyl groups is 1. The molecular weight excluding hydrogens is 446 g/mol. The number of hydrogen-bond donors (Lipinski definition) is 1. The SMILES string of the molecule is O=C(C[C@]1(O)C(=O)N(Cc2ccccc2Cl)c2ccccc21)c1ccc(-c2ccccc2)cc1. The smallest absolute Gasteiger partial charge is 0.264 e. The highest BCUT2D eigenvalue weighted by molar-refractivity contribution is 6.31. The number of anilines is 1. The molecular formula is C29H22ClNO3. The van der Waals surface area contributed by atoms with Gasteiger partial charge in [-0.1, -0.05) is 103 Å². The number of fused-ring (bicyclic) bond motifs is 1. The summed E-state index contributed by atoms with van der Waals surface area (Å²) in [6.45, 7) is 0.206. The van der Waals surface area contributed by atoms with Gasteiger partial charge in [-0.05, 0) is 28.8 Å². The average molecular weight is 468 g/mol. The minimum absolute atomic E-state index is 0.206. The third kappa shape index (κ3) is 3.92. The fourth-order valence-electron chi connectivity index (χ4n) is 4.44. The summed E-state index contributed by atoms with van der Waals surface area (Å²) in [6, 6.07) is 31.4. The summed E-state index contributed by atoms with van der Waals surface area (Å²) in [5, 5.41) is 12.1. The molecule has 1 atom stereocenters. The van der Waals surface area contributed by atoms with Crippen LogP contribution in [0, 0.1) is 0 Å². The second kappa shape index (κ2) is 8.90. The van der Waals surface area contributed by atoms with Crippen LogP contribution in [0.2, 0.25) is 5.02 Å². The Morgan fingerprint density at radius 1 is 0.794 bits per heavy atom. The summed E-state index contributed by atoms with van der Waals surface area (Å²) in [5.74, 6) is -0.826. The van der Waals surface area contributed by atoms with Crippen molar-refractivity contribution in [3.8, 4) is 11.1 Å². The molecule has 4 aromatic rings. The third-order valence-electron chi connectivity index (χ3n) is 6.26.